The van der Waals surface area contributed by atoms with Crippen molar-refractivity contribution < 1.29 is 33.4 Å². The number of halogens is 1. The molecule has 0 bridgehead atoms. The van der Waals surface area contributed by atoms with E-state index in [1.54, 1.807) is 17.0 Å². The van der Waals surface area contributed by atoms with Gasteiger partial charge in [0.05, 0.1) is 36.6 Å². The Morgan fingerprint density at radius 1 is 1.16 bits per heavy atom. The zero-order valence-corrected chi connectivity index (χ0v) is 21.8. The lowest BCUT2D eigenvalue weighted by Gasteiger charge is -2.28. The van der Waals surface area contributed by atoms with E-state index in [1.807, 2.05) is 13.8 Å². The SMILES string of the molecule is CCN(CC)C(=O)CCC(=O)c1ccc(Cc2cc(C(=O)N[C@H]3CCOC[C@@H]3O)nc3c2OCC3)cc1F. The van der Waals surface area contributed by atoms with Gasteiger partial charge in [0, 0.05) is 50.9 Å². The summed E-state index contributed by atoms with van der Waals surface area (Å²) >= 11 is 0. The standard InChI is InChI=1S/C28H34FN3O6/c1-3-32(4-2)26(35)8-7-24(33)19-6-5-17(14-20(19)29)13-18-15-23(30-22-10-12-38-27(18)22)28(36)31-21-9-11-37-16-25(21)34/h5-6,14-15,21,25,34H,3-4,7-13,16H2,1-2H3,(H,31,36)/t21-,25-/m0/s1. The molecule has 1 fully saturated rings. The van der Waals surface area contributed by atoms with Crippen LogP contribution in [0.3, 0.4) is 0 Å². The largest absolute Gasteiger partial charge is 0.491 e. The first-order valence-electron chi connectivity index (χ1n) is 13.1. The van der Waals surface area contributed by atoms with Gasteiger partial charge in [-0.3, -0.25) is 14.4 Å². The van der Waals surface area contributed by atoms with E-state index in [4.69, 9.17) is 9.47 Å². The second-order valence-corrected chi connectivity index (χ2v) is 9.53. The molecule has 1 aromatic heterocycles. The van der Waals surface area contributed by atoms with E-state index in [0.29, 0.717) is 61.7 Å². The van der Waals surface area contributed by atoms with Crippen LogP contribution in [0.25, 0.3) is 0 Å². The summed E-state index contributed by atoms with van der Waals surface area (Å²) in [7, 11) is 0. The third kappa shape index (κ3) is 6.36. The number of ketones is 1. The fourth-order valence-corrected chi connectivity index (χ4v) is 4.82. The van der Waals surface area contributed by atoms with Crippen molar-refractivity contribution in [1.82, 2.24) is 15.2 Å². The number of ether oxygens (including phenoxy) is 2. The number of Topliss-reactive ketones (excluding diaryl/α,β-unsaturated/α-hetero) is 1. The Balaban J connectivity index is 1.47. The van der Waals surface area contributed by atoms with Gasteiger partial charge in [0.25, 0.3) is 5.91 Å². The molecule has 3 heterocycles. The van der Waals surface area contributed by atoms with Gasteiger partial charge >= 0.3 is 0 Å². The van der Waals surface area contributed by atoms with Crippen LogP contribution in [0, 0.1) is 5.82 Å². The number of amides is 2. The van der Waals surface area contributed by atoms with Gasteiger partial charge in [-0.15, -0.1) is 0 Å². The van der Waals surface area contributed by atoms with Crippen molar-refractivity contribution in [3.8, 4) is 5.75 Å². The van der Waals surface area contributed by atoms with Gasteiger partial charge in [0.2, 0.25) is 5.91 Å². The first-order chi connectivity index (χ1) is 18.3. The van der Waals surface area contributed by atoms with Crippen molar-refractivity contribution in [1.29, 1.82) is 0 Å². The van der Waals surface area contributed by atoms with E-state index < -0.39 is 29.7 Å². The van der Waals surface area contributed by atoms with Gasteiger partial charge in [-0.05, 0) is 44.0 Å². The highest BCUT2D eigenvalue weighted by atomic mass is 19.1. The number of carbonyl (C=O) groups excluding carboxylic acids is 3. The van der Waals surface area contributed by atoms with E-state index in [2.05, 4.69) is 10.3 Å². The molecule has 9 nitrogen and oxygen atoms in total. The molecule has 2 atom stereocenters. The minimum atomic E-state index is -0.788. The van der Waals surface area contributed by atoms with Crippen molar-refractivity contribution in [3.63, 3.8) is 0 Å². The average molecular weight is 528 g/mol. The Morgan fingerprint density at radius 3 is 2.66 bits per heavy atom. The molecule has 0 saturated carbocycles. The maximum Gasteiger partial charge on any atom is 0.270 e. The van der Waals surface area contributed by atoms with Gasteiger partial charge in [-0.25, -0.2) is 9.37 Å². The van der Waals surface area contributed by atoms with Crippen molar-refractivity contribution >= 4 is 17.6 Å². The molecule has 10 heteroatoms. The molecule has 2 aliphatic heterocycles. The number of aliphatic hydroxyl groups is 1. The van der Waals surface area contributed by atoms with Gasteiger partial charge < -0.3 is 24.8 Å². The van der Waals surface area contributed by atoms with Crippen LogP contribution in [-0.4, -0.2) is 77.6 Å². The molecule has 4 rings (SSSR count). The number of nitrogens with one attached hydrogen (secondary N) is 1. The van der Waals surface area contributed by atoms with Crippen LogP contribution in [0.1, 0.15) is 70.8 Å². The van der Waals surface area contributed by atoms with E-state index in [1.165, 1.54) is 12.1 Å². The molecular formula is C28H34FN3O6. The van der Waals surface area contributed by atoms with Crippen molar-refractivity contribution in [2.24, 2.45) is 0 Å². The number of aliphatic hydroxyl groups excluding tert-OH is 1. The predicted molar refractivity (Wildman–Crippen MR) is 137 cm³/mol. The molecule has 2 aliphatic rings. The number of pyridine rings is 1. The first kappa shape index (κ1) is 27.7. The van der Waals surface area contributed by atoms with E-state index >= 15 is 0 Å². The number of nitrogens with zero attached hydrogens (tertiary/aromatic N) is 2. The first-order valence-corrected chi connectivity index (χ1v) is 13.1. The predicted octanol–water partition coefficient (Wildman–Crippen LogP) is 2.46. The summed E-state index contributed by atoms with van der Waals surface area (Å²) < 4.78 is 25.9. The Morgan fingerprint density at radius 2 is 1.95 bits per heavy atom. The van der Waals surface area contributed by atoms with Gasteiger partial charge in [0.1, 0.15) is 17.3 Å². The molecule has 2 aromatic rings. The number of benzene rings is 1. The molecule has 1 saturated heterocycles. The molecule has 1 aromatic carbocycles. The lowest BCUT2D eigenvalue weighted by Crippen LogP contribution is -2.48. The van der Waals surface area contributed by atoms with Crippen LogP contribution < -0.4 is 10.1 Å². The molecule has 38 heavy (non-hydrogen) atoms. The van der Waals surface area contributed by atoms with Crippen LogP contribution in [-0.2, 0) is 22.4 Å². The van der Waals surface area contributed by atoms with E-state index in [9.17, 15) is 23.9 Å². The minimum Gasteiger partial charge on any atom is -0.491 e. The number of rotatable bonds is 10. The maximum atomic E-state index is 14.9. The smallest absolute Gasteiger partial charge is 0.270 e. The van der Waals surface area contributed by atoms with Gasteiger partial charge in [-0.1, -0.05) is 6.07 Å². The van der Waals surface area contributed by atoms with Crippen LogP contribution in [0.5, 0.6) is 5.75 Å². The highest BCUT2D eigenvalue weighted by molar-refractivity contribution is 5.98. The van der Waals surface area contributed by atoms with Crippen molar-refractivity contribution in [2.45, 2.75) is 58.1 Å². The topological polar surface area (TPSA) is 118 Å². The third-order valence-corrected chi connectivity index (χ3v) is 6.99. The van der Waals surface area contributed by atoms with E-state index in [-0.39, 0.29) is 43.0 Å². The van der Waals surface area contributed by atoms with Crippen molar-refractivity contribution in [2.75, 3.05) is 32.9 Å². The van der Waals surface area contributed by atoms with Crippen molar-refractivity contribution in [3.05, 3.63) is 58.2 Å². The van der Waals surface area contributed by atoms with Crippen LogP contribution in [0.4, 0.5) is 4.39 Å². The quantitative estimate of drug-likeness (QED) is 0.456. The summed E-state index contributed by atoms with van der Waals surface area (Å²) in [6.45, 7) is 5.93. The molecule has 2 N–H and O–H groups in total. The molecular weight excluding hydrogens is 493 g/mol. The summed E-state index contributed by atoms with van der Waals surface area (Å²) in [5.74, 6) is -1.02. The summed E-state index contributed by atoms with van der Waals surface area (Å²) in [4.78, 5) is 43.8. The average Bonchev–Trinajstić information content (AvgIpc) is 3.38. The van der Waals surface area contributed by atoms with Gasteiger partial charge in [0.15, 0.2) is 5.78 Å². The Hall–Kier alpha value is -3.37. The molecule has 204 valence electrons. The second kappa shape index (κ2) is 12.4. The second-order valence-electron chi connectivity index (χ2n) is 9.53. The number of aromatic nitrogens is 1. The summed E-state index contributed by atoms with van der Waals surface area (Å²) in [6, 6.07) is 5.62. The molecule has 0 radical (unpaired) electrons. The monoisotopic (exact) mass is 527 g/mol. The number of hydrogen-bond donors (Lipinski definition) is 2. The van der Waals surface area contributed by atoms with Crippen LogP contribution >= 0.6 is 0 Å². The number of carbonyl (C=O) groups is 3. The van der Waals surface area contributed by atoms with Crippen LogP contribution in [0.15, 0.2) is 24.3 Å². The summed E-state index contributed by atoms with van der Waals surface area (Å²) in [6.07, 6.45) is 0.524. The third-order valence-electron chi connectivity index (χ3n) is 6.99. The molecule has 0 unspecified atom stereocenters. The maximum absolute atomic E-state index is 14.9. The summed E-state index contributed by atoms with van der Waals surface area (Å²) in [5, 5.41) is 12.9. The molecule has 2 amide bonds. The van der Waals surface area contributed by atoms with E-state index in [0.717, 1.165) is 0 Å². The summed E-state index contributed by atoms with van der Waals surface area (Å²) in [5.41, 5.74) is 2.10. The molecule has 0 aliphatic carbocycles. The Kier molecular flexibility index (Phi) is 9.06. The normalized spacial score (nSPS) is 18.4. The lowest BCUT2D eigenvalue weighted by atomic mass is 9.98. The fraction of sp³-hybridized carbons (Fsp3) is 0.500. The highest BCUT2D eigenvalue weighted by Gasteiger charge is 2.28. The Labute approximate surface area is 221 Å². The highest BCUT2D eigenvalue weighted by Crippen LogP contribution is 2.31. The minimum absolute atomic E-state index is 0.0396. The zero-order chi connectivity index (χ0) is 27.2. The Bertz CT molecular complexity index is 1200. The molecule has 0 spiro atoms. The zero-order valence-electron chi connectivity index (χ0n) is 21.8. The number of hydrogen-bond acceptors (Lipinski definition) is 7. The van der Waals surface area contributed by atoms with Crippen LogP contribution in [0.2, 0.25) is 0 Å². The fourth-order valence-electron chi connectivity index (χ4n) is 4.82. The number of fused-ring (bicyclic) bond motifs is 1. The van der Waals surface area contributed by atoms with Gasteiger partial charge in [-0.2, -0.15) is 0 Å². The lowest BCUT2D eigenvalue weighted by molar-refractivity contribution is -0.130.